The summed E-state index contributed by atoms with van der Waals surface area (Å²) in [6.45, 7) is 2.23. The van der Waals surface area contributed by atoms with Crippen LogP contribution in [0.25, 0.3) is 0 Å². The molecule has 1 aliphatic carbocycles. The molecule has 3 nitrogen and oxygen atoms in total. The van der Waals surface area contributed by atoms with E-state index in [2.05, 4.69) is 12.2 Å². The molecule has 2 rings (SSSR count). The van der Waals surface area contributed by atoms with Crippen LogP contribution in [0.3, 0.4) is 0 Å². The van der Waals surface area contributed by atoms with E-state index in [1.54, 1.807) is 7.11 Å². The second-order valence-electron chi connectivity index (χ2n) is 5.42. The van der Waals surface area contributed by atoms with Gasteiger partial charge in [-0.15, -0.1) is 0 Å². The number of ether oxygens (including phenoxy) is 1. The van der Waals surface area contributed by atoms with Crippen molar-refractivity contribution in [3.8, 4) is 5.75 Å². The van der Waals surface area contributed by atoms with Crippen LogP contribution < -0.4 is 10.1 Å². The Hall–Kier alpha value is -1.51. The van der Waals surface area contributed by atoms with Gasteiger partial charge in [-0.2, -0.15) is 0 Å². The Morgan fingerprint density at radius 1 is 1.32 bits per heavy atom. The maximum absolute atomic E-state index is 12.1. The lowest BCUT2D eigenvalue weighted by atomic mass is 9.86. The van der Waals surface area contributed by atoms with Crippen molar-refractivity contribution in [2.45, 2.75) is 45.1 Å². The second-order valence-corrected chi connectivity index (χ2v) is 5.42. The number of methoxy groups -OCH3 is 1. The van der Waals surface area contributed by atoms with Crippen molar-refractivity contribution in [1.29, 1.82) is 0 Å². The van der Waals surface area contributed by atoms with Crippen LogP contribution in [0.2, 0.25) is 0 Å². The zero-order valence-corrected chi connectivity index (χ0v) is 11.8. The molecule has 0 spiro atoms. The fraction of sp³-hybridized carbons (Fsp3) is 0.562. The minimum Gasteiger partial charge on any atom is -0.496 e. The van der Waals surface area contributed by atoms with Gasteiger partial charge in [-0.1, -0.05) is 38.0 Å². The summed E-state index contributed by atoms with van der Waals surface area (Å²) in [5.74, 6) is 1.48. The van der Waals surface area contributed by atoms with E-state index in [0.717, 1.165) is 17.7 Å². The lowest BCUT2D eigenvalue weighted by Gasteiger charge is -2.29. The molecule has 0 aromatic heterocycles. The molecule has 0 radical (unpaired) electrons. The molecule has 0 heterocycles. The predicted molar refractivity (Wildman–Crippen MR) is 76.3 cm³/mol. The molecule has 1 aliphatic rings. The Bertz CT molecular complexity index is 431. The van der Waals surface area contributed by atoms with Crippen molar-refractivity contribution < 1.29 is 9.53 Å². The van der Waals surface area contributed by atoms with E-state index in [4.69, 9.17) is 4.74 Å². The maximum Gasteiger partial charge on any atom is 0.224 e. The van der Waals surface area contributed by atoms with Crippen LogP contribution in [0.4, 0.5) is 0 Å². The van der Waals surface area contributed by atoms with Gasteiger partial charge >= 0.3 is 0 Å². The molecule has 0 bridgehead atoms. The molecular formula is C16H23NO2. The van der Waals surface area contributed by atoms with Crippen LogP contribution in [0.1, 0.15) is 38.2 Å². The van der Waals surface area contributed by atoms with Crippen molar-refractivity contribution in [3.05, 3.63) is 29.8 Å². The molecule has 1 saturated carbocycles. The van der Waals surface area contributed by atoms with Gasteiger partial charge in [-0.25, -0.2) is 0 Å². The van der Waals surface area contributed by atoms with E-state index in [1.165, 1.54) is 19.3 Å². The van der Waals surface area contributed by atoms with Crippen LogP contribution in [0.15, 0.2) is 24.3 Å². The van der Waals surface area contributed by atoms with E-state index in [9.17, 15) is 4.79 Å². The SMILES string of the molecule is COc1ccccc1CC(=O)N[C@H]1CCCC[C@H]1C. The van der Waals surface area contributed by atoms with E-state index in [1.807, 2.05) is 24.3 Å². The molecule has 1 amide bonds. The Labute approximate surface area is 115 Å². The quantitative estimate of drug-likeness (QED) is 0.905. The monoisotopic (exact) mass is 261 g/mol. The first-order valence-corrected chi connectivity index (χ1v) is 7.12. The zero-order valence-electron chi connectivity index (χ0n) is 11.8. The van der Waals surface area contributed by atoms with Gasteiger partial charge in [0.05, 0.1) is 13.5 Å². The van der Waals surface area contributed by atoms with E-state index < -0.39 is 0 Å². The summed E-state index contributed by atoms with van der Waals surface area (Å²) < 4.78 is 5.28. The molecule has 2 atom stereocenters. The van der Waals surface area contributed by atoms with E-state index in [-0.39, 0.29) is 5.91 Å². The van der Waals surface area contributed by atoms with Gasteiger partial charge in [-0.05, 0) is 24.8 Å². The summed E-state index contributed by atoms with van der Waals surface area (Å²) in [6.07, 6.45) is 5.25. The van der Waals surface area contributed by atoms with Crippen LogP contribution >= 0.6 is 0 Å². The van der Waals surface area contributed by atoms with E-state index >= 15 is 0 Å². The van der Waals surface area contributed by atoms with Gasteiger partial charge in [0, 0.05) is 11.6 Å². The van der Waals surface area contributed by atoms with Gasteiger partial charge in [0.2, 0.25) is 5.91 Å². The maximum atomic E-state index is 12.1. The number of hydrogen-bond donors (Lipinski definition) is 1. The Morgan fingerprint density at radius 2 is 2.05 bits per heavy atom. The van der Waals surface area contributed by atoms with Crippen molar-refractivity contribution in [3.63, 3.8) is 0 Å². The number of para-hydroxylation sites is 1. The van der Waals surface area contributed by atoms with Gasteiger partial charge < -0.3 is 10.1 Å². The number of rotatable bonds is 4. The topological polar surface area (TPSA) is 38.3 Å². The van der Waals surface area contributed by atoms with Crippen molar-refractivity contribution in [2.75, 3.05) is 7.11 Å². The summed E-state index contributed by atoms with van der Waals surface area (Å²) in [5.41, 5.74) is 0.950. The number of amides is 1. The molecule has 1 N–H and O–H groups in total. The van der Waals surface area contributed by atoms with Gasteiger partial charge in [0.15, 0.2) is 0 Å². The minimum absolute atomic E-state index is 0.100. The summed E-state index contributed by atoms with van der Waals surface area (Å²) >= 11 is 0. The van der Waals surface area contributed by atoms with Crippen LogP contribution in [-0.2, 0) is 11.2 Å². The average Bonchev–Trinajstić information content (AvgIpc) is 2.42. The lowest BCUT2D eigenvalue weighted by molar-refractivity contribution is -0.121. The Balaban J connectivity index is 1.93. The van der Waals surface area contributed by atoms with Crippen molar-refractivity contribution in [2.24, 2.45) is 5.92 Å². The molecule has 1 fully saturated rings. The smallest absolute Gasteiger partial charge is 0.224 e. The average molecular weight is 261 g/mol. The van der Waals surface area contributed by atoms with E-state index in [0.29, 0.717) is 18.4 Å². The molecule has 1 aromatic rings. The molecule has 104 valence electrons. The van der Waals surface area contributed by atoms with Crippen LogP contribution in [-0.4, -0.2) is 19.1 Å². The number of hydrogen-bond acceptors (Lipinski definition) is 2. The molecule has 0 aliphatic heterocycles. The van der Waals surface area contributed by atoms with Crippen LogP contribution in [0, 0.1) is 5.92 Å². The highest BCUT2D eigenvalue weighted by Crippen LogP contribution is 2.24. The third-order valence-corrected chi connectivity index (χ3v) is 4.00. The highest BCUT2D eigenvalue weighted by molar-refractivity contribution is 5.79. The molecule has 1 aromatic carbocycles. The first-order chi connectivity index (χ1) is 9.20. The first kappa shape index (κ1) is 13.9. The molecule has 0 unspecified atom stereocenters. The fourth-order valence-corrected chi connectivity index (χ4v) is 2.81. The predicted octanol–water partition coefficient (Wildman–Crippen LogP) is 2.93. The van der Waals surface area contributed by atoms with Gasteiger partial charge in [0.25, 0.3) is 0 Å². The Kier molecular flexibility index (Phi) is 4.83. The number of carbonyl (C=O) groups excluding carboxylic acids is 1. The summed E-state index contributed by atoms with van der Waals surface area (Å²) in [6, 6.07) is 8.04. The molecule has 3 heteroatoms. The Morgan fingerprint density at radius 3 is 2.79 bits per heavy atom. The van der Waals surface area contributed by atoms with Gasteiger partial charge in [0.1, 0.15) is 5.75 Å². The van der Waals surface area contributed by atoms with Gasteiger partial charge in [-0.3, -0.25) is 4.79 Å². The second kappa shape index (κ2) is 6.60. The molecule has 19 heavy (non-hydrogen) atoms. The highest BCUT2D eigenvalue weighted by Gasteiger charge is 2.22. The zero-order chi connectivity index (χ0) is 13.7. The molecular weight excluding hydrogens is 238 g/mol. The minimum atomic E-state index is 0.100. The van der Waals surface area contributed by atoms with Crippen molar-refractivity contribution in [1.82, 2.24) is 5.32 Å². The normalized spacial score (nSPS) is 22.8. The largest absolute Gasteiger partial charge is 0.496 e. The molecule has 0 saturated heterocycles. The third kappa shape index (κ3) is 3.72. The number of benzene rings is 1. The fourth-order valence-electron chi connectivity index (χ4n) is 2.81. The highest BCUT2D eigenvalue weighted by atomic mass is 16.5. The summed E-state index contributed by atoms with van der Waals surface area (Å²) in [4.78, 5) is 12.1. The third-order valence-electron chi connectivity index (χ3n) is 4.00. The first-order valence-electron chi connectivity index (χ1n) is 7.12. The number of nitrogens with one attached hydrogen (secondary N) is 1. The van der Waals surface area contributed by atoms with Crippen molar-refractivity contribution >= 4 is 5.91 Å². The summed E-state index contributed by atoms with van der Waals surface area (Å²) in [7, 11) is 1.64. The standard InChI is InChI=1S/C16H23NO2/c1-12-7-3-5-9-14(12)17-16(18)11-13-8-4-6-10-15(13)19-2/h4,6,8,10,12,14H,3,5,7,9,11H2,1-2H3,(H,17,18)/t12-,14+/m1/s1. The number of carbonyl (C=O) groups is 1. The summed E-state index contributed by atoms with van der Waals surface area (Å²) in [5, 5.41) is 3.17. The van der Waals surface area contributed by atoms with Crippen LogP contribution in [0.5, 0.6) is 5.75 Å². The lowest BCUT2D eigenvalue weighted by Crippen LogP contribution is -2.41.